The van der Waals surface area contributed by atoms with Crippen LogP contribution in [0.2, 0.25) is 0 Å². The summed E-state index contributed by atoms with van der Waals surface area (Å²) in [4.78, 5) is 4.36. The Hall–Kier alpha value is -3.33. The van der Waals surface area contributed by atoms with Crippen molar-refractivity contribution in [2.75, 3.05) is 0 Å². The van der Waals surface area contributed by atoms with Gasteiger partial charge in [0, 0.05) is 0 Å². The first-order valence-corrected chi connectivity index (χ1v) is 12.1. The molecule has 4 aromatic rings. The largest absolute Gasteiger partial charge is 0.457 e. The third kappa shape index (κ3) is 4.27. The molecule has 178 valence electrons. The number of aryl methyl sites for hydroxylation is 2. The van der Waals surface area contributed by atoms with Gasteiger partial charge in [-0.05, 0) is 81.8 Å². The Morgan fingerprint density at radius 2 is 1.62 bits per heavy atom. The summed E-state index contributed by atoms with van der Waals surface area (Å²) in [5.41, 5.74) is 0.901. The average Bonchev–Trinajstić information content (AvgIpc) is 3.09. The average molecular weight is 489 g/mol. The molecule has 0 bridgehead atoms. The van der Waals surface area contributed by atoms with Crippen molar-refractivity contribution in [3.05, 3.63) is 77.6 Å². The predicted octanol–water partition coefficient (Wildman–Crippen LogP) is 6.64. The van der Waals surface area contributed by atoms with Crippen LogP contribution >= 0.6 is 0 Å². The van der Waals surface area contributed by atoms with Gasteiger partial charge in [0.05, 0.1) is 26.9 Å². The van der Waals surface area contributed by atoms with Crippen LogP contribution in [0.1, 0.15) is 30.8 Å². The fraction of sp³-hybridized carbons (Fsp3) is 0.240. The molecule has 0 aliphatic carbocycles. The second kappa shape index (κ2) is 8.47. The van der Waals surface area contributed by atoms with Crippen molar-refractivity contribution in [3.63, 3.8) is 0 Å². The number of benzene rings is 3. The number of imidazole rings is 1. The fourth-order valence-corrected chi connectivity index (χ4v) is 4.91. The number of hydrogen-bond acceptors (Lipinski definition) is 4. The number of fused-ring (bicyclic) bond motifs is 1. The molecule has 0 fully saturated rings. The smallest absolute Gasteiger partial charge is 0.418 e. The number of rotatable bonds is 5. The molecule has 0 aliphatic rings. The van der Waals surface area contributed by atoms with Crippen LogP contribution in [-0.2, 0) is 16.0 Å². The van der Waals surface area contributed by atoms with E-state index in [1.807, 2.05) is 6.92 Å². The van der Waals surface area contributed by atoms with Gasteiger partial charge in [0.1, 0.15) is 22.8 Å². The molecule has 0 unspecified atom stereocenters. The first-order valence-electron chi connectivity index (χ1n) is 10.6. The van der Waals surface area contributed by atoms with Gasteiger partial charge in [0.15, 0.2) is 9.84 Å². The van der Waals surface area contributed by atoms with Crippen molar-refractivity contribution < 1.29 is 26.3 Å². The molecule has 0 amide bonds. The van der Waals surface area contributed by atoms with Crippen LogP contribution < -0.4 is 4.74 Å². The summed E-state index contributed by atoms with van der Waals surface area (Å²) >= 11 is 0. The topological polar surface area (TPSA) is 61.2 Å². The Morgan fingerprint density at radius 1 is 0.941 bits per heavy atom. The Labute approximate surface area is 195 Å². The highest BCUT2D eigenvalue weighted by molar-refractivity contribution is 7.92. The number of aromatic nitrogens is 2. The fourth-order valence-electron chi connectivity index (χ4n) is 3.81. The van der Waals surface area contributed by atoms with Crippen LogP contribution in [0.4, 0.5) is 13.2 Å². The van der Waals surface area contributed by atoms with E-state index in [-0.39, 0.29) is 10.4 Å². The number of hydrogen-bond donors (Lipinski definition) is 0. The summed E-state index contributed by atoms with van der Waals surface area (Å²) in [6.45, 7) is 6.71. The second-order valence-corrected chi connectivity index (χ2v) is 10.8. The molecule has 1 aromatic heterocycles. The number of sulfone groups is 1. The number of para-hydroxylation sites is 1. The van der Waals surface area contributed by atoms with Crippen LogP contribution in [-0.4, -0.2) is 23.2 Å². The van der Waals surface area contributed by atoms with E-state index in [0.29, 0.717) is 28.5 Å². The van der Waals surface area contributed by atoms with Crippen molar-refractivity contribution in [2.24, 2.45) is 0 Å². The van der Waals surface area contributed by atoms with Crippen molar-refractivity contribution in [2.45, 2.75) is 44.0 Å². The summed E-state index contributed by atoms with van der Waals surface area (Å²) < 4.78 is 72.8. The molecule has 3 aromatic carbocycles. The summed E-state index contributed by atoms with van der Waals surface area (Å²) in [5.74, 6) is 1.27. The van der Waals surface area contributed by atoms with Crippen LogP contribution in [0.3, 0.4) is 0 Å². The molecule has 5 nitrogen and oxygen atoms in total. The normalized spacial score (nSPS) is 12.5. The molecule has 0 N–H and O–H groups in total. The lowest BCUT2D eigenvalue weighted by atomic mass is 10.1. The van der Waals surface area contributed by atoms with Crippen LogP contribution in [0, 0.1) is 13.8 Å². The van der Waals surface area contributed by atoms with Gasteiger partial charge in [-0.3, -0.25) is 4.57 Å². The SMILES string of the molecule is Cc1cc(Oc2cccc(S(=O)(=O)C(C)C)c2)ccc1-n1c(C)nc2c(C(F)(F)F)cccc21. The summed E-state index contributed by atoms with van der Waals surface area (Å²) in [6.07, 6.45) is -4.50. The minimum Gasteiger partial charge on any atom is -0.457 e. The van der Waals surface area contributed by atoms with Crippen LogP contribution in [0.25, 0.3) is 16.7 Å². The van der Waals surface area contributed by atoms with E-state index in [4.69, 9.17) is 4.74 Å². The quantitative estimate of drug-likeness (QED) is 0.316. The molecule has 0 radical (unpaired) electrons. The highest BCUT2D eigenvalue weighted by Gasteiger charge is 2.34. The maximum absolute atomic E-state index is 13.4. The van der Waals surface area contributed by atoms with E-state index in [2.05, 4.69) is 4.98 Å². The third-order valence-corrected chi connectivity index (χ3v) is 7.71. The zero-order chi connectivity index (χ0) is 24.8. The van der Waals surface area contributed by atoms with E-state index in [1.165, 1.54) is 18.2 Å². The van der Waals surface area contributed by atoms with Gasteiger partial charge in [-0.25, -0.2) is 13.4 Å². The van der Waals surface area contributed by atoms with E-state index < -0.39 is 26.8 Å². The Morgan fingerprint density at radius 3 is 2.26 bits per heavy atom. The first kappa shape index (κ1) is 23.8. The molecule has 34 heavy (non-hydrogen) atoms. The highest BCUT2D eigenvalue weighted by atomic mass is 32.2. The lowest BCUT2D eigenvalue weighted by Gasteiger charge is -2.14. The van der Waals surface area contributed by atoms with Gasteiger partial charge >= 0.3 is 6.18 Å². The Kier molecular flexibility index (Phi) is 5.93. The second-order valence-electron chi connectivity index (χ2n) is 8.28. The zero-order valence-electron chi connectivity index (χ0n) is 19.0. The minimum atomic E-state index is -4.50. The van der Waals surface area contributed by atoms with Gasteiger partial charge < -0.3 is 4.74 Å². The Bertz CT molecular complexity index is 1490. The lowest BCUT2D eigenvalue weighted by Crippen LogP contribution is -2.13. The summed E-state index contributed by atoms with van der Waals surface area (Å²) in [7, 11) is -3.45. The lowest BCUT2D eigenvalue weighted by molar-refractivity contribution is -0.136. The maximum Gasteiger partial charge on any atom is 0.418 e. The van der Waals surface area contributed by atoms with Gasteiger partial charge in [-0.2, -0.15) is 13.2 Å². The van der Waals surface area contributed by atoms with Gasteiger partial charge in [0.25, 0.3) is 0 Å². The maximum atomic E-state index is 13.4. The van der Waals surface area contributed by atoms with Gasteiger partial charge in [-0.1, -0.05) is 12.1 Å². The predicted molar refractivity (Wildman–Crippen MR) is 124 cm³/mol. The first-order chi connectivity index (χ1) is 15.9. The van der Waals surface area contributed by atoms with E-state index in [0.717, 1.165) is 11.6 Å². The van der Waals surface area contributed by atoms with Crippen molar-refractivity contribution in [1.29, 1.82) is 0 Å². The van der Waals surface area contributed by atoms with E-state index in [9.17, 15) is 21.6 Å². The van der Waals surface area contributed by atoms with Crippen molar-refractivity contribution >= 4 is 20.9 Å². The van der Waals surface area contributed by atoms with E-state index in [1.54, 1.807) is 61.7 Å². The molecule has 0 atom stereocenters. The van der Waals surface area contributed by atoms with Crippen molar-refractivity contribution in [1.82, 2.24) is 9.55 Å². The molecule has 0 spiro atoms. The summed E-state index contributed by atoms with van der Waals surface area (Å²) in [6, 6.07) is 15.5. The molecule has 9 heteroatoms. The van der Waals surface area contributed by atoms with Gasteiger partial charge in [0.2, 0.25) is 0 Å². The standard InChI is InChI=1S/C25H23F3N2O3S/c1-15(2)34(31,32)20-8-5-7-18(14-20)33-19-11-12-22(16(3)13-19)30-17(4)29-24-21(25(26,27)28)9-6-10-23(24)30/h5-15H,1-4H3. The molecule has 4 rings (SSSR count). The van der Waals surface area contributed by atoms with E-state index >= 15 is 0 Å². The molecular weight excluding hydrogens is 465 g/mol. The zero-order valence-corrected chi connectivity index (χ0v) is 19.8. The number of nitrogens with zero attached hydrogens (tertiary/aromatic N) is 2. The van der Waals surface area contributed by atoms with Gasteiger partial charge in [-0.15, -0.1) is 0 Å². The number of alkyl halides is 3. The number of halogens is 3. The minimum absolute atomic E-state index is 0.101. The number of ether oxygens (including phenoxy) is 1. The monoisotopic (exact) mass is 488 g/mol. The molecule has 1 heterocycles. The molecular formula is C25H23F3N2O3S. The Balaban J connectivity index is 1.71. The highest BCUT2D eigenvalue weighted by Crippen LogP contribution is 2.36. The van der Waals surface area contributed by atoms with Crippen molar-refractivity contribution in [3.8, 4) is 17.2 Å². The third-order valence-electron chi connectivity index (χ3n) is 5.56. The molecule has 0 aliphatic heterocycles. The molecule has 0 saturated heterocycles. The van der Waals surface area contributed by atoms with Crippen LogP contribution in [0.15, 0.2) is 65.6 Å². The van der Waals surface area contributed by atoms with Crippen LogP contribution in [0.5, 0.6) is 11.5 Å². The summed E-state index contributed by atoms with van der Waals surface area (Å²) in [5, 5.41) is -0.560. The molecule has 0 saturated carbocycles.